The molecule has 0 heterocycles. The van der Waals surface area contributed by atoms with E-state index >= 15 is 0 Å². The van der Waals surface area contributed by atoms with Gasteiger partial charge in [0.1, 0.15) is 0 Å². The molecule has 11 heavy (non-hydrogen) atoms. The summed E-state index contributed by atoms with van der Waals surface area (Å²) < 4.78 is 0. The van der Waals surface area contributed by atoms with E-state index in [9.17, 15) is 0 Å². The molecule has 1 aliphatic rings. The van der Waals surface area contributed by atoms with E-state index in [0.29, 0.717) is 5.41 Å². The molecule has 1 aliphatic carbocycles. The Bertz CT molecular complexity index is 110. The molecule has 1 fully saturated rings. The maximum Gasteiger partial charge on any atom is -0.0334 e. The molecule has 0 aliphatic heterocycles. The molecule has 0 aromatic rings. The largest absolute Gasteiger partial charge is 0.0625 e. The van der Waals surface area contributed by atoms with E-state index in [1.54, 1.807) is 0 Å². The lowest BCUT2D eigenvalue weighted by atomic mass is 9.70. The normalized spacial score (nSPS) is 33.8. The van der Waals surface area contributed by atoms with Crippen molar-refractivity contribution in [2.45, 2.75) is 47.0 Å². The van der Waals surface area contributed by atoms with Crippen LogP contribution in [-0.4, -0.2) is 0 Å². The van der Waals surface area contributed by atoms with Crippen molar-refractivity contribution in [2.24, 2.45) is 17.3 Å². The molecule has 0 aromatic carbocycles. The third kappa shape index (κ3) is 2.50. The quantitative estimate of drug-likeness (QED) is 0.498. The minimum Gasteiger partial charge on any atom is -0.0625 e. The summed E-state index contributed by atoms with van der Waals surface area (Å²) in [5, 5.41) is 0. The fourth-order valence-corrected chi connectivity index (χ4v) is 1.88. The van der Waals surface area contributed by atoms with Crippen LogP contribution in [0.2, 0.25) is 0 Å². The van der Waals surface area contributed by atoms with Crippen LogP contribution in [0.3, 0.4) is 0 Å². The van der Waals surface area contributed by atoms with Gasteiger partial charge in [-0.1, -0.05) is 34.1 Å². The maximum absolute atomic E-state index is 2.54. The van der Waals surface area contributed by atoms with Gasteiger partial charge in [-0.3, -0.25) is 0 Å². The highest BCUT2D eigenvalue weighted by Gasteiger charge is 2.28. The van der Waals surface area contributed by atoms with Crippen LogP contribution in [0.1, 0.15) is 47.0 Å². The minimum atomic E-state index is 0.500. The van der Waals surface area contributed by atoms with Crippen LogP contribution in [0, 0.1) is 23.7 Å². The molecular weight excluding hydrogens is 132 g/mol. The highest BCUT2D eigenvalue weighted by atomic mass is 14.3. The molecule has 2 unspecified atom stereocenters. The molecule has 0 nitrogen and oxygen atoms in total. The standard InChI is InChI=1S/C11H21/c1-9-5-7-10(8-6-9)11(2,3)4/h7,9-10H,5-6,8H2,1-4H3. The first-order chi connectivity index (χ1) is 5.00. The Balaban J connectivity index is 2.39. The van der Waals surface area contributed by atoms with Crippen molar-refractivity contribution in [1.29, 1.82) is 0 Å². The first-order valence-electron chi connectivity index (χ1n) is 4.83. The lowest BCUT2D eigenvalue weighted by molar-refractivity contribution is 0.208. The molecule has 65 valence electrons. The van der Waals surface area contributed by atoms with E-state index < -0.39 is 0 Å². The number of hydrogen-bond acceptors (Lipinski definition) is 0. The van der Waals surface area contributed by atoms with Gasteiger partial charge in [-0.2, -0.15) is 0 Å². The third-order valence-corrected chi connectivity index (χ3v) is 2.91. The summed E-state index contributed by atoms with van der Waals surface area (Å²) in [6.45, 7) is 9.41. The molecule has 0 aromatic heterocycles. The molecule has 0 saturated heterocycles. The van der Waals surface area contributed by atoms with Gasteiger partial charge in [-0.05, 0) is 36.5 Å². The molecule has 0 spiro atoms. The van der Waals surface area contributed by atoms with Crippen LogP contribution in [0.15, 0.2) is 0 Å². The zero-order valence-corrected chi connectivity index (χ0v) is 8.35. The predicted molar refractivity (Wildman–Crippen MR) is 50.3 cm³/mol. The average molecular weight is 153 g/mol. The van der Waals surface area contributed by atoms with Crippen LogP contribution in [-0.2, 0) is 0 Å². The second kappa shape index (κ2) is 3.16. The fourth-order valence-electron chi connectivity index (χ4n) is 1.88. The van der Waals surface area contributed by atoms with Gasteiger partial charge in [0.15, 0.2) is 0 Å². The summed E-state index contributed by atoms with van der Waals surface area (Å²) in [5.41, 5.74) is 0.500. The van der Waals surface area contributed by atoms with E-state index in [-0.39, 0.29) is 0 Å². The predicted octanol–water partition coefficient (Wildman–Crippen LogP) is 3.67. The SMILES string of the molecule is CC1C[CH]C(C(C)(C)C)CC1. The molecular formula is C11H21. The smallest absolute Gasteiger partial charge is 0.0334 e. The Morgan fingerprint density at radius 2 is 1.82 bits per heavy atom. The zero-order valence-electron chi connectivity index (χ0n) is 8.35. The van der Waals surface area contributed by atoms with Gasteiger partial charge in [0, 0.05) is 0 Å². The number of hydrogen-bond donors (Lipinski definition) is 0. The van der Waals surface area contributed by atoms with E-state index in [2.05, 4.69) is 34.1 Å². The first kappa shape index (κ1) is 9.09. The van der Waals surface area contributed by atoms with Crippen LogP contribution in [0.25, 0.3) is 0 Å². The van der Waals surface area contributed by atoms with Crippen molar-refractivity contribution in [3.63, 3.8) is 0 Å². The topological polar surface area (TPSA) is 0 Å². The second-order valence-corrected chi connectivity index (χ2v) is 5.13. The van der Waals surface area contributed by atoms with Crippen molar-refractivity contribution < 1.29 is 0 Å². The van der Waals surface area contributed by atoms with Gasteiger partial charge in [0.2, 0.25) is 0 Å². The van der Waals surface area contributed by atoms with Crippen LogP contribution in [0.5, 0.6) is 0 Å². The summed E-state index contributed by atoms with van der Waals surface area (Å²) >= 11 is 0. The zero-order chi connectivity index (χ0) is 8.48. The maximum atomic E-state index is 2.54. The molecule has 2 atom stereocenters. The number of rotatable bonds is 0. The van der Waals surface area contributed by atoms with E-state index in [1.165, 1.54) is 19.3 Å². The van der Waals surface area contributed by atoms with Crippen molar-refractivity contribution in [1.82, 2.24) is 0 Å². The van der Waals surface area contributed by atoms with Crippen molar-refractivity contribution in [3.05, 3.63) is 6.42 Å². The fraction of sp³-hybridized carbons (Fsp3) is 0.909. The lowest BCUT2D eigenvalue weighted by Gasteiger charge is -2.35. The van der Waals surface area contributed by atoms with Crippen LogP contribution in [0.4, 0.5) is 0 Å². The van der Waals surface area contributed by atoms with Gasteiger partial charge in [-0.15, -0.1) is 0 Å². The molecule has 0 N–H and O–H groups in total. The van der Waals surface area contributed by atoms with Crippen molar-refractivity contribution in [2.75, 3.05) is 0 Å². The third-order valence-electron chi connectivity index (χ3n) is 2.91. The Labute approximate surface area is 71.4 Å². The Morgan fingerprint density at radius 3 is 2.18 bits per heavy atom. The van der Waals surface area contributed by atoms with Gasteiger partial charge in [0.25, 0.3) is 0 Å². The van der Waals surface area contributed by atoms with E-state index in [1.807, 2.05) is 0 Å². The van der Waals surface area contributed by atoms with E-state index in [4.69, 9.17) is 0 Å². The summed E-state index contributed by atoms with van der Waals surface area (Å²) in [4.78, 5) is 0. The van der Waals surface area contributed by atoms with Gasteiger partial charge >= 0.3 is 0 Å². The van der Waals surface area contributed by atoms with Gasteiger partial charge in [-0.25, -0.2) is 0 Å². The summed E-state index contributed by atoms with van der Waals surface area (Å²) in [6, 6.07) is 0. The molecule has 1 radical (unpaired) electrons. The van der Waals surface area contributed by atoms with Crippen LogP contribution >= 0.6 is 0 Å². The second-order valence-electron chi connectivity index (χ2n) is 5.13. The van der Waals surface area contributed by atoms with Crippen LogP contribution < -0.4 is 0 Å². The monoisotopic (exact) mass is 153 g/mol. The molecule has 0 bridgehead atoms. The van der Waals surface area contributed by atoms with Gasteiger partial charge in [0.05, 0.1) is 0 Å². The summed E-state index contributed by atoms with van der Waals surface area (Å²) in [7, 11) is 0. The Hall–Kier alpha value is 0. The lowest BCUT2D eigenvalue weighted by Crippen LogP contribution is -2.25. The molecule has 1 saturated carbocycles. The van der Waals surface area contributed by atoms with E-state index in [0.717, 1.165) is 11.8 Å². The minimum absolute atomic E-state index is 0.500. The summed E-state index contributed by atoms with van der Waals surface area (Å²) in [5.74, 6) is 1.80. The Morgan fingerprint density at radius 1 is 1.18 bits per heavy atom. The molecule has 1 rings (SSSR count). The molecule has 0 heteroatoms. The van der Waals surface area contributed by atoms with Crippen molar-refractivity contribution >= 4 is 0 Å². The molecule has 0 amide bonds. The summed E-state index contributed by atoms with van der Waals surface area (Å²) in [6.07, 6.45) is 6.71. The average Bonchev–Trinajstić information content (AvgIpc) is 1.86. The highest BCUT2D eigenvalue weighted by Crippen LogP contribution is 2.38. The highest BCUT2D eigenvalue weighted by molar-refractivity contribution is 4.90. The van der Waals surface area contributed by atoms with Crippen molar-refractivity contribution in [3.8, 4) is 0 Å². The Kier molecular flexibility index (Phi) is 2.61. The first-order valence-corrected chi connectivity index (χ1v) is 4.83. The van der Waals surface area contributed by atoms with Gasteiger partial charge < -0.3 is 0 Å².